The van der Waals surface area contributed by atoms with E-state index < -0.39 is 0 Å². The lowest BCUT2D eigenvalue weighted by molar-refractivity contribution is 0.211. The summed E-state index contributed by atoms with van der Waals surface area (Å²) in [7, 11) is 0. The number of rotatable bonds is 1. The summed E-state index contributed by atoms with van der Waals surface area (Å²) in [4.78, 5) is 0. The zero-order valence-electron chi connectivity index (χ0n) is 6.84. The van der Waals surface area contributed by atoms with Crippen LogP contribution in [0, 0.1) is 11.8 Å². The van der Waals surface area contributed by atoms with E-state index in [9.17, 15) is 0 Å². The Morgan fingerprint density at radius 2 is 2.00 bits per heavy atom. The topological polar surface area (TPSA) is 20.2 Å². The van der Waals surface area contributed by atoms with Gasteiger partial charge in [0, 0.05) is 6.61 Å². The van der Waals surface area contributed by atoms with Crippen molar-refractivity contribution in [3.8, 4) is 0 Å². The van der Waals surface area contributed by atoms with Gasteiger partial charge in [-0.15, -0.1) is 0 Å². The Morgan fingerprint density at radius 3 is 2.70 bits per heavy atom. The van der Waals surface area contributed by atoms with Crippen LogP contribution in [0.5, 0.6) is 0 Å². The van der Waals surface area contributed by atoms with Gasteiger partial charge in [-0.1, -0.05) is 26.2 Å². The molecule has 0 aromatic carbocycles. The van der Waals surface area contributed by atoms with Crippen LogP contribution in [-0.4, -0.2) is 11.7 Å². The molecule has 0 aromatic heterocycles. The third-order valence-corrected chi connectivity index (χ3v) is 2.64. The standard InChI is InChI=1S/C9H18O/c1-8-3-2-4-9(7-10)6-5-8/h8-10H,2-7H2,1H3. The van der Waals surface area contributed by atoms with Crippen LogP contribution in [0.15, 0.2) is 0 Å². The van der Waals surface area contributed by atoms with Gasteiger partial charge in [-0.05, 0) is 24.7 Å². The van der Waals surface area contributed by atoms with Gasteiger partial charge >= 0.3 is 0 Å². The summed E-state index contributed by atoms with van der Waals surface area (Å²) in [5.74, 6) is 1.52. The Hall–Kier alpha value is -0.0400. The van der Waals surface area contributed by atoms with Gasteiger partial charge in [-0.3, -0.25) is 0 Å². The average Bonchev–Trinajstić information content (AvgIpc) is 2.14. The van der Waals surface area contributed by atoms with Crippen LogP contribution >= 0.6 is 0 Å². The van der Waals surface area contributed by atoms with Crippen LogP contribution in [-0.2, 0) is 0 Å². The van der Waals surface area contributed by atoms with Crippen molar-refractivity contribution in [3.05, 3.63) is 0 Å². The maximum Gasteiger partial charge on any atom is 0.0459 e. The lowest BCUT2D eigenvalue weighted by Crippen LogP contribution is -2.03. The lowest BCUT2D eigenvalue weighted by Gasteiger charge is -2.08. The summed E-state index contributed by atoms with van der Waals surface area (Å²) in [6, 6.07) is 0. The highest BCUT2D eigenvalue weighted by Crippen LogP contribution is 2.26. The van der Waals surface area contributed by atoms with E-state index in [0.29, 0.717) is 12.5 Å². The highest BCUT2D eigenvalue weighted by atomic mass is 16.3. The number of hydrogen-bond donors (Lipinski definition) is 1. The summed E-state index contributed by atoms with van der Waals surface area (Å²) < 4.78 is 0. The predicted molar refractivity (Wildman–Crippen MR) is 42.8 cm³/mol. The molecule has 0 amide bonds. The van der Waals surface area contributed by atoms with Gasteiger partial charge in [-0.25, -0.2) is 0 Å². The van der Waals surface area contributed by atoms with Crippen LogP contribution in [0.2, 0.25) is 0 Å². The first-order valence-electron chi connectivity index (χ1n) is 4.43. The molecule has 1 N–H and O–H groups in total. The summed E-state index contributed by atoms with van der Waals surface area (Å²) in [5.41, 5.74) is 0. The van der Waals surface area contributed by atoms with Crippen LogP contribution in [0.25, 0.3) is 0 Å². The van der Waals surface area contributed by atoms with Gasteiger partial charge in [-0.2, -0.15) is 0 Å². The molecule has 0 saturated heterocycles. The second-order valence-corrected chi connectivity index (χ2v) is 3.66. The normalized spacial score (nSPS) is 35.4. The molecule has 1 nitrogen and oxygen atoms in total. The molecule has 1 heteroatoms. The summed E-state index contributed by atoms with van der Waals surface area (Å²) in [6.45, 7) is 2.73. The fourth-order valence-corrected chi connectivity index (χ4v) is 1.75. The molecule has 0 heterocycles. The molecule has 1 aliphatic rings. The zero-order valence-corrected chi connectivity index (χ0v) is 6.84. The van der Waals surface area contributed by atoms with E-state index in [-0.39, 0.29) is 0 Å². The van der Waals surface area contributed by atoms with Gasteiger partial charge in [0.25, 0.3) is 0 Å². The van der Waals surface area contributed by atoms with Crippen LogP contribution < -0.4 is 0 Å². The molecule has 0 spiro atoms. The first-order valence-corrected chi connectivity index (χ1v) is 4.43. The van der Waals surface area contributed by atoms with Crippen LogP contribution in [0.4, 0.5) is 0 Å². The second kappa shape index (κ2) is 3.97. The number of aliphatic hydroxyl groups is 1. The van der Waals surface area contributed by atoms with E-state index in [1.165, 1.54) is 32.1 Å². The van der Waals surface area contributed by atoms with Crippen molar-refractivity contribution in [2.24, 2.45) is 11.8 Å². The largest absolute Gasteiger partial charge is 0.396 e. The first kappa shape index (κ1) is 8.06. The fourth-order valence-electron chi connectivity index (χ4n) is 1.75. The molecule has 1 aliphatic carbocycles. The van der Waals surface area contributed by atoms with Crippen molar-refractivity contribution in [2.75, 3.05) is 6.61 Å². The van der Waals surface area contributed by atoms with Gasteiger partial charge in [0.2, 0.25) is 0 Å². The molecule has 1 fully saturated rings. The summed E-state index contributed by atoms with van der Waals surface area (Å²) >= 11 is 0. The van der Waals surface area contributed by atoms with E-state index in [1.807, 2.05) is 0 Å². The van der Waals surface area contributed by atoms with E-state index in [1.54, 1.807) is 0 Å². The Kier molecular flexibility index (Phi) is 3.20. The Bertz CT molecular complexity index is 90.7. The smallest absolute Gasteiger partial charge is 0.0459 e. The van der Waals surface area contributed by atoms with Gasteiger partial charge in [0.1, 0.15) is 0 Å². The molecule has 1 saturated carbocycles. The SMILES string of the molecule is CC1CCCC(CO)CC1. The minimum absolute atomic E-state index is 0.409. The Balaban J connectivity index is 2.26. The molecule has 0 aromatic rings. The highest BCUT2D eigenvalue weighted by molar-refractivity contribution is 4.66. The van der Waals surface area contributed by atoms with Crippen molar-refractivity contribution in [3.63, 3.8) is 0 Å². The molecule has 2 atom stereocenters. The van der Waals surface area contributed by atoms with Gasteiger partial charge in [0.05, 0.1) is 0 Å². The van der Waals surface area contributed by atoms with Crippen molar-refractivity contribution >= 4 is 0 Å². The fraction of sp³-hybridized carbons (Fsp3) is 1.00. The number of hydrogen-bond acceptors (Lipinski definition) is 1. The van der Waals surface area contributed by atoms with E-state index in [4.69, 9.17) is 5.11 Å². The highest BCUT2D eigenvalue weighted by Gasteiger charge is 2.14. The summed E-state index contributed by atoms with van der Waals surface area (Å²) in [6.07, 6.45) is 6.52. The molecule has 60 valence electrons. The van der Waals surface area contributed by atoms with Crippen LogP contribution in [0.3, 0.4) is 0 Å². The second-order valence-electron chi connectivity index (χ2n) is 3.66. The molecular formula is C9H18O. The summed E-state index contributed by atoms with van der Waals surface area (Å²) in [5, 5.41) is 8.90. The molecule has 0 radical (unpaired) electrons. The van der Waals surface area contributed by atoms with Crippen molar-refractivity contribution in [1.82, 2.24) is 0 Å². The minimum Gasteiger partial charge on any atom is -0.396 e. The molecular weight excluding hydrogens is 124 g/mol. The molecule has 1 rings (SSSR count). The maximum absolute atomic E-state index is 8.90. The van der Waals surface area contributed by atoms with E-state index in [2.05, 4.69) is 6.92 Å². The van der Waals surface area contributed by atoms with E-state index >= 15 is 0 Å². The van der Waals surface area contributed by atoms with Crippen molar-refractivity contribution in [1.29, 1.82) is 0 Å². The monoisotopic (exact) mass is 142 g/mol. The Labute approximate surface area is 63.4 Å². The van der Waals surface area contributed by atoms with E-state index in [0.717, 1.165) is 5.92 Å². The predicted octanol–water partition coefficient (Wildman–Crippen LogP) is 2.20. The molecule has 2 unspecified atom stereocenters. The van der Waals surface area contributed by atoms with Crippen molar-refractivity contribution < 1.29 is 5.11 Å². The molecule has 10 heavy (non-hydrogen) atoms. The Morgan fingerprint density at radius 1 is 1.20 bits per heavy atom. The third-order valence-electron chi connectivity index (χ3n) is 2.64. The lowest BCUT2D eigenvalue weighted by atomic mass is 10.0. The maximum atomic E-state index is 8.90. The number of aliphatic hydroxyl groups excluding tert-OH is 1. The van der Waals surface area contributed by atoms with Gasteiger partial charge < -0.3 is 5.11 Å². The average molecular weight is 142 g/mol. The van der Waals surface area contributed by atoms with Crippen molar-refractivity contribution in [2.45, 2.75) is 39.0 Å². The third kappa shape index (κ3) is 2.30. The minimum atomic E-state index is 0.409. The molecule has 0 aliphatic heterocycles. The zero-order chi connectivity index (χ0) is 7.40. The van der Waals surface area contributed by atoms with Crippen LogP contribution in [0.1, 0.15) is 39.0 Å². The molecule has 0 bridgehead atoms. The first-order chi connectivity index (χ1) is 4.83. The van der Waals surface area contributed by atoms with Gasteiger partial charge in [0.15, 0.2) is 0 Å². The quantitative estimate of drug-likeness (QED) is 0.556.